The molecule has 40 heavy (non-hydrogen) atoms. The molecule has 11 heteroatoms. The summed E-state index contributed by atoms with van der Waals surface area (Å²) in [4.78, 5) is 15.7. The van der Waals surface area contributed by atoms with Crippen LogP contribution in [0.3, 0.4) is 0 Å². The summed E-state index contributed by atoms with van der Waals surface area (Å²) in [7, 11) is 0. The molecule has 3 heterocycles. The Balaban J connectivity index is 1.52. The van der Waals surface area contributed by atoms with Crippen LogP contribution >= 0.6 is 0 Å². The quantitative estimate of drug-likeness (QED) is 0.244. The van der Waals surface area contributed by atoms with Crippen LogP contribution in [0.4, 0.5) is 37.8 Å². The fourth-order valence-corrected chi connectivity index (χ4v) is 4.89. The van der Waals surface area contributed by atoms with E-state index in [1.54, 1.807) is 12.1 Å². The van der Waals surface area contributed by atoms with Gasteiger partial charge in [0.1, 0.15) is 11.6 Å². The number of alkyl halides is 6. The highest BCUT2D eigenvalue weighted by Gasteiger charge is 2.34. The molecule has 0 spiro atoms. The first-order valence-corrected chi connectivity index (χ1v) is 13.1. The zero-order chi connectivity index (χ0) is 28.3. The van der Waals surface area contributed by atoms with Crippen LogP contribution in [-0.4, -0.2) is 39.5 Å². The van der Waals surface area contributed by atoms with E-state index in [4.69, 9.17) is 0 Å². The molecule has 0 aliphatic carbocycles. The van der Waals surface area contributed by atoms with Gasteiger partial charge < -0.3 is 10.2 Å². The number of halogens is 6. The fourth-order valence-electron chi connectivity index (χ4n) is 4.89. The van der Waals surface area contributed by atoms with Gasteiger partial charge in [0, 0.05) is 35.8 Å². The Morgan fingerprint density at radius 2 is 1.52 bits per heavy atom. The Hall–Kier alpha value is -3.73. The third kappa shape index (κ3) is 6.52. The summed E-state index contributed by atoms with van der Waals surface area (Å²) in [6.07, 6.45) is -2.60. The van der Waals surface area contributed by atoms with Crippen molar-refractivity contribution in [2.45, 2.75) is 44.5 Å². The smallest absolute Gasteiger partial charge is 0.340 e. The first-order chi connectivity index (χ1) is 19.1. The fraction of sp³-hybridized carbons (Fsp3) is 0.345. The van der Waals surface area contributed by atoms with Crippen molar-refractivity contribution >= 4 is 22.4 Å². The van der Waals surface area contributed by atoms with Gasteiger partial charge >= 0.3 is 12.4 Å². The topological polar surface area (TPSA) is 53.9 Å². The van der Waals surface area contributed by atoms with E-state index >= 15 is 0 Å². The summed E-state index contributed by atoms with van der Waals surface area (Å²) in [5.74, 6) is 0.847. The van der Waals surface area contributed by atoms with Crippen LogP contribution in [0, 0.1) is 0 Å². The van der Waals surface area contributed by atoms with Gasteiger partial charge in [-0.15, -0.1) is 0 Å². The normalized spacial score (nSPS) is 15.2. The Morgan fingerprint density at radius 1 is 0.800 bits per heavy atom. The minimum absolute atomic E-state index is 0.209. The minimum atomic E-state index is -4.59. The summed E-state index contributed by atoms with van der Waals surface area (Å²) < 4.78 is 80.1. The second-order valence-corrected chi connectivity index (χ2v) is 9.82. The highest BCUT2D eigenvalue weighted by molar-refractivity contribution is 5.93. The molecule has 210 valence electrons. The zero-order valence-corrected chi connectivity index (χ0v) is 21.5. The lowest BCUT2D eigenvalue weighted by molar-refractivity contribution is -0.138. The van der Waals surface area contributed by atoms with Crippen molar-refractivity contribution in [3.63, 3.8) is 0 Å². The average Bonchev–Trinajstić information content (AvgIpc) is 3.20. The average molecular weight is 560 g/mol. The van der Waals surface area contributed by atoms with Crippen LogP contribution in [0.25, 0.3) is 22.2 Å². The molecule has 5 rings (SSSR count). The van der Waals surface area contributed by atoms with Crippen molar-refractivity contribution in [1.29, 1.82) is 0 Å². The maximum absolute atomic E-state index is 13.7. The van der Waals surface area contributed by atoms with Crippen molar-refractivity contribution in [2.24, 2.45) is 0 Å². The Bertz CT molecular complexity index is 1460. The van der Waals surface area contributed by atoms with Gasteiger partial charge in [-0.05, 0) is 74.5 Å². The van der Waals surface area contributed by atoms with E-state index in [1.807, 2.05) is 0 Å². The Kier molecular flexibility index (Phi) is 7.93. The third-order valence-electron chi connectivity index (χ3n) is 6.96. The molecule has 0 saturated carbocycles. The number of anilines is 2. The number of pyridine rings is 1. The van der Waals surface area contributed by atoms with Crippen LogP contribution in [0.2, 0.25) is 0 Å². The number of likely N-dealkylation sites (tertiary alicyclic amines) is 1. The molecular weight excluding hydrogens is 532 g/mol. The third-order valence-corrected chi connectivity index (χ3v) is 6.96. The highest BCUT2D eigenvalue weighted by Crippen LogP contribution is 2.37. The summed E-state index contributed by atoms with van der Waals surface area (Å²) in [5, 5.41) is 3.60. The lowest BCUT2D eigenvalue weighted by atomic mass is 10.0. The number of nitrogens with one attached hydrogen (secondary N) is 1. The van der Waals surface area contributed by atoms with Gasteiger partial charge in [0.05, 0.1) is 22.3 Å². The van der Waals surface area contributed by atoms with Crippen LogP contribution < -0.4 is 5.32 Å². The molecule has 4 aromatic rings. The number of benzene rings is 2. The molecule has 0 atom stereocenters. The van der Waals surface area contributed by atoms with Crippen LogP contribution in [-0.2, 0) is 18.8 Å². The molecule has 0 amide bonds. The van der Waals surface area contributed by atoms with E-state index in [-0.39, 0.29) is 11.3 Å². The van der Waals surface area contributed by atoms with Crippen LogP contribution in [0.1, 0.15) is 42.6 Å². The van der Waals surface area contributed by atoms with Gasteiger partial charge in [0.2, 0.25) is 0 Å². The number of hydrogen-bond donors (Lipinski definition) is 1. The minimum Gasteiger partial charge on any atom is -0.340 e. The number of fused-ring (bicyclic) bond motifs is 1. The van der Waals surface area contributed by atoms with E-state index in [9.17, 15) is 26.3 Å². The van der Waals surface area contributed by atoms with Crippen molar-refractivity contribution < 1.29 is 26.3 Å². The largest absolute Gasteiger partial charge is 0.418 e. The molecule has 1 aliphatic rings. The van der Waals surface area contributed by atoms with E-state index < -0.39 is 23.5 Å². The summed E-state index contributed by atoms with van der Waals surface area (Å²) in [6, 6.07) is 11.5. The van der Waals surface area contributed by atoms with Gasteiger partial charge in [-0.2, -0.15) is 26.3 Å². The van der Waals surface area contributed by atoms with E-state index in [0.29, 0.717) is 34.7 Å². The first kappa shape index (κ1) is 27.8. The van der Waals surface area contributed by atoms with Crippen molar-refractivity contribution in [2.75, 3.05) is 25.0 Å². The Morgan fingerprint density at radius 3 is 2.20 bits per heavy atom. The van der Waals surface area contributed by atoms with Crippen LogP contribution in [0.5, 0.6) is 0 Å². The van der Waals surface area contributed by atoms with Gasteiger partial charge in [-0.1, -0.05) is 18.9 Å². The van der Waals surface area contributed by atoms with Gasteiger partial charge in [0.15, 0.2) is 0 Å². The second-order valence-electron chi connectivity index (χ2n) is 9.82. The molecule has 2 aromatic carbocycles. The summed E-state index contributed by atoms with van der Waals surface area (Å²) in [6.45, 7) is 2.69. The number of rotatable bonds is 6. The first-order valence-electron chi connectivity index (χ1n) is 13.1. The number of nitrogens with zero attached hydrogens (tertiary/aromatic N) is 4. The number of hydrogen-bond acceptors (Lipinski definition) is 5. The predicted octanol–water partition coefficient (Wildman–Crippen LogP) is 7.89. The summed E-state index contributed by atoms with van der Waals surface area (Å²) >= 11 is 0. The maximum atomic E-state index is 13.7. The molecule has 1 saturated heterocycles. The van der Waals surface area contributed by atoms with E-state index in [0.717, 1.165) is 50.7 Å². The van der Waals surface area contributed by atoms with E-state index in [1.165, 1.54) is 43.3 Å². The van der Waals surface area contributed by atoms with Gasteiger partial charge in [0.25, 0.3) is 0 Å². The van der Waals surface area contributed by atoms with E-state index in [2.05, 4.69) is 25.2 Å². The second kappa shape index (κ2) is 11.4. The standard InChI is InChI=1S/C29H27F6N5/c30-28(31,32)20-8-10-21(11-9-20)37-27-22-12-7-19(26-23(29(33,34)35)6-5-14-36-26)18-24(22)38-25(39-27)13-17-40-15-3-1-2-4-16-40/h5-12,14,18H,1-4,13,15-17H2,(H,37,38,39). The monoisotopic (exact) mass is 559 g/mol. The lowest BCUT2D eigenvalue weighted by Crippen LogP contribution is -2.27. The molecule has 1 N–H and O–H groups in total. The SMILES string of the molecule is FC(F)(F)c1ccc(Nc2nc(CCN3CCCCCC3)nc3cc(-c4ncccc4C(F)(F)F)ccc23)cc1. The van der Waals surface area contributed by atoms with Crippen molar-refractivity contribution in [3.8, 4) is 11.3 Å². The molecule has 0 radical (unpaired) electrons. The van der Waals surface area contributed by atoms with Gasteiger partial charge in [-0.25, -0.2) is 9.97 Å². The molecule has 0 bridgehead atoms. The van der Waals surface area contributed by atoms with Crippen LogP contribution in [0.15, 0.2) is 60.8 Å². The lowest BCUT2D eigenvalue weighted by Gasteiger charge is -2.19. The van der Waals surface area contributed by atoms with Crippen molar-refractivity contribution in [3.05, 3.63) is 77.7 Å². The molecule has 2 aromatic heterocycles. The van der Waals surface area contributed by atoms with Gasteiger partial charge in [-0.3, -0.25) is 4.98 Å². The van der Waals surface area contributed by atoms with Crippen molar-refractivity contribution in [1.82, 2.24) is 19.9 Å². The molecule has 1 fully saturated rings. The molecule has 5 nitrogen and oxygen atoms in total. The Labute approximate surface area is 227 Å². The zero-order valence-electron chi connectivity index (χ0n) is 21.5. The molecular formula is C29H27F6N5. The highest BCUT2D eigenvalue weighted by atomic mass is 19.4. The number of aromatic nitrogens is 3. The molecule has 0 unspecified atom stereocenters. The summed E-state index contributed by atoms with van der Waals surface area (Å²) in [5.41, 5.74) is -0.791. The molecule has 1 aliphatic heterocycles. The maximum Gasteiger partial charge on any atom is 0.418 e. The predicted molar refractivity (Wildman–Crippen MR) is 141 cm³/mol.